The number of aromatic carboxylic acids is 1. The van der Waals surface area contributed by atoms with Crippen LogP contribution in [0.3, 0.4) is 0 Å². The number of anilines is 1. The van der Waals surface area contributed by atoms with E-state index in [-0.39, 0.29) is 21.2 Å². The second kappa shape index (κ2) is 6.25. The van der Waals surface area contributed by atoms with E-state index in [1.165, 1.54) is 31.4 Å². The van der Waals surface area contributed by atoms with Crippen LogP contribution < -0.4 is 9.46 Å². The molecule has 6 nitrogen and oxygen atoms in total. The number of ether oxygens (including phenoxy) is 1. The van der Waals surface area contributed by atoms with E-state index in [0.29, 0.717) is 5.75 Å². The summed E-state index contributed by atoms with van der Waals surface area (Å²) in [4.78, 5) is 10.6. The minimum Gasteiger partial charge on any atom is -0.497 e. The molecular formula is C14H12ClNO5S. The average molecular weight is 342 g/mol. The number of nitrogens with one attached hydrogen (secondary N) is 1. The smallest absolute Gasteiger partial charge is 0.335 e. The topological polar surface area (TPSA) is 92.7 Å². The molecule has 0 aliphatic heterocycles. The number of carbonyl (C=O) groups is 1. The normalized spacial score (nSPS) is 11.0. The molecule has 0 fully saturated rings. The summed E-state index contributed by atoms with van der Waals surface area (Å²) in [5, 5.41) is 8.88. The highest BCUT2D eigenvalue weighted by Gasteiger charge is 2.20. The number of hydrogen-bond acceptors (Lipinski definition) is 4. The molecule has 0 aliphatic carbocycles. The SMILES string of the molecule is COc1cccc(NS(=O)(=O)c2cc(C(=O)O)ccc2Cl)c1. The van der Waals surface area contributed by atoms with Gasteiger partial charge in [0.2, 0.25) is 0 Å². The van der Waals surface area contributed by atoms with Gasteiger partial charge in [-0.25, -0.2) is 13.2 Å². The van der Waals surface area contributed by atoms with E-state index in [2.05, 4.69) is 4.72 Å². The standard InChI is InChI=1S/C14H12ClNO5S/c1-21-11-4-2-3-10(8-11)16-22(19,20)13-7-9(14(17)18)5-6-12(13)15/h2-8,16H,1H3,(H,17,18). The summed E-state index contributed by atoms with van der Waals surface area (Å²) in [6.07, 6.45) is 0. The molecule has 0 saturated carbocycles. The minimum absolute atomic E-state index is 0.0691. The van der Waals surface area contributed by atoms with E-state index in [1.54, 1.807) is 12.1 Å². The van der Waals surface area contributed by atoms with E-state index in [1.807, 2.05) is 0 Å². The lowest BCUT2D eigenvalue weighted by atomic mass is 10.2. The predicted octanol–water partition coefficient (Wildman–Crippen LogP) is 2.85. The summed E-state index contributed by atoms with van der Waals surface area (Å²) in [6, 6.07) is 9.77. The van der Waals surface area contributed by atoms with Crippen molar-refractivity contribution in [2.24, 2.45) is 0 Å². The van der Waals surface area contributed by atoms with Gasteiger partial charge in [-0.05, 0) is 30.3 Å². The molecule has 0 aromatic heterocycles. The Kier molecular flexibility index (Phi) is 4.58. The Morgan fingerprint density at radius 2 is 1.95 bits per heavy atom. The second-order valence-electron chi connectivity index (χ2n) is 4.29. The Bertz CT molecular complexity index is 820. The van der Waals surface area contributed by atoms with Crippen LogP contribution in [0.15, 0.2) is 47.4 Å². The fourth-order valence-electron chi connectivity index (χ4n) is 1.74. The molecule has 0 bridgehead atoms. The van der Waals surface area contributed by atoms with Crippen LogP contribution in [0.1, 0.15) is 10.4 Å². The van der Waals surface area contributed by atoms with Crippen molar-refractivity contribution in [1.29, 1.82) is 0 Å². The largest absolute Gasteiger partial charge is 0.497 e. The maximum absolute atomic E-state index is 12.4. The molecule has 0 atom stereocenters. The molecule has 116 valence electrons. The Labute approximate surface area is 132 Å². The van der Waals surface area contributed by atoms with Crippen molar-refractivity contribution in [2.75, 3.05) is 11.8 Å². The van der Waals surface area contributed by atoms with Gasteiger partial charge in [0.1, 0.15) is 10.6 Å². The summed E-state index contributed by atoms with van der Waals surface area (Å²) in [6.45, 7) is 0. The molecule has 0 radical (unpaired) electrons. The molecule has 0 heterocycles. The van der Waals surface area contributed by atoms with Crippen molar-refractivity contribution in [2.45, 2.75) is 4.90 Å². The van der Waals surface area contributed by atoms with Gasteiger partial charge in [-0.2, -0.15) is 0 Å². The highest BCUT2D eigenvalue weighted by Crippen LogP contribution is 2.26. The molecule has 0 spiro atoms. The van der Waals surface area contributed by atoms with Gasteiger partial charge in [-0.15, -0.1) is 0 Å². The van der Waals surface area contributed by atoms with Gasteiger partial charge in [0.25, 0.3) is 10.0 Å². The zero-order chi connectivity index (χ0) is 16.3. The molecular weight excluding hydrogens is 330 g/mol. The second-order valence-corrected chi connectivity index (χ2v) is 6.35. The summed E-state index contributed by atoms with van der Waals surface area (Å²) >= 11 is 5.87. The number of halogens is 1. The number of carboxylic acids is 1. The molecule has 0 amide bonds. The van der Waals surface area contributed by atoms with Crippen molar-refractivity contribution >= 4 is 33.3 Å². The third-order valence-corrected chi connectivity index (χ3v) is 4.65. The number of hydrogen-bond donors (Lipinski definition) is 2. The van der Waals surface area contributed by atoms with E-state index < -0.39 is 16.0 Å². The van der Waals surface area contributed by atoms with Crippen LogP contribution in [0.5, 0.6) is 5.75 Å². The van der Waals surface area contributed by atoms with E-state index in [0.717, 1.165) is 6.07 Å². The quantitative estimate of drug-likeness (QED) is 0.872. The third-order valence-electron chi connectivity index (χ3n) is 2.79. The first-order valence-electron chi connectivity index (χ1n) is 6.03. The van der Waals surface area contributed by atoms with Crippen molar-refractivity contribution in [3.63, 3.8) is 0 Å². The number of carboxylic acid groups (broad SMARTS) is 1. The molecule has 0 aliphatic rings. The highest BCUT2D eigenvalue weighted by molar-refractivity contribution is 7.92. The Morgan fingerprint density at radius 3 is 2.59 bits per heavy atom. The maximum atomic E-state index is 12.4. The first-order chi connectivity index (χ1) is 10.3. The number of sulfonamides is 1. The summed E-state index contributed by atoms with van der Waals surface area (Å²) < 4.78 is 32.1. The van der Waals surface area contributed by atoms with Gasteiger partial charge in [-0.3, -0.25) is 4.72 Å². The van der Waals surface area contributed by atoms with Gasteiger partial charge in [0.15, 0.2) is 0 Å². The summed E-state index contributed by atoms with van der Waals surface area (Å²) in [5.41, 5.74) is 0.103. The Balaban J connectivity index is 2.42. The Hall–Kier alpha value is -2.25. The van der Waals surface area contributed by atoms with Gasteiger partial charge < -0.3 is 9.84 Å². The minimum atomic E-state index is -4.03. The molecule has 22 heavy (non-hydrogen) atoms. The lowest BCUT2D eigenvalue weighted by Crippen LogP contribution is -2.14. The maximum Gasteiger partial charge on any atom is 0.335 e. The first-order valence-corrected chi connectivity index (χ1v) is 7.89. The Morgan fingerprint density at radius 1 is 1.23 bits per heavy atom. The molecule has 2 aromatic carbocycles. The van der Waals surface area contributed by atoms with E-state index >= 15 is 0 Å². The van der Waals surface area contributed by atoms with Crippen molar-refractivity contribution in [3.8, 4) is 5.75 Å². The lowest BCUT2D eigenvalue weighted by Gasteiger charge is -2.11. The molecule has 2 aromatic rings. The van der Waals surface area contributed by atoms with Crippen LogP contribution >= 0.6 is 11.6 Å². The first kappa shape index (κ1) is 16.1. The zero-order valence-electron chi connectivity index (χ0n) is 11.4. The molecule has 8 heteroatoms. The van der Waals surface area contributed by atoms with E-state index in [4.69, 9.17) is 21.4 Å². The highest BCUT2D eigenvalue weighted by atomic mass is 35.5. The molecule has 0 unspecified atom stereocenters. The number of rotatable bonds is 5. The number of benzene rings is 2. The monoisotopic (exact) mass is 341 g/mol. The fourth-order valence-corrected chi connectivity index (χ4v) is 3.32. The number of methoxy groups -OCH3 is 1. The van der Waals surface area contributed by atoms with Crippen LogP contribution in [0.2, 0.25) is 5.02 Å². The van der Waals surface area contributed by atoms with Crippen LogP contribution in [-0.4, -0.2) is 26.6 Å². The van der Waals surface area contributed by atoms with Crippen LogP contribution in [-0.2, 0) is 10.0 Å². The van der Waals surface area contributed by atoms with Crippen LogP contribution in [0, 0.1) is 0 Å². The van der Waals surface area contributed by atoms with Gasteiger partial charge in [-0.1, -0.05) is 17.7 Å². The zero-order valence-corrected chi connectivity index (χ0v) is 13.0. The predicted molar refractivity (Wildman–Crippen MR) is 82.2 cm³/mol. The summed E-state index contributed by atoms with van der Waals surface area (Å²) in [7, 11) is -2.57. The van der Waals surface area contributed by atoms with Gasteiger partial charge in [0, 0.05) is 6.07 Å². The van der Waals surface area contributed by atoms with Crippen LogP contribution in [0.25, 0.3) is 0 Å². The van der Waals surface area contributed by atoms with Crippen LogP contribution in [0.4, 0.5) is 5.69 Å². The fraction of sp³-hybridized carbons (Fsp3) is 0.0714. The lowest BCUT2D eigenvalue weighted by molar-refractivity contribution is 0.0696. The summed E-state index contributed by atoms with van der Waals surface area (Å²) in [5.74, 6) is -0.764. The van der Waals surface area contributed by atoms with Crippen molar-refractivity contribution < 1.29 is 23.1 Å². The van der Waals surface area contributed by atoms with Gasteiger partial charge in [0.05, 0.1) is 23.4 Å². The molecule has 2 rings (SSSR count). The average Bonchev–Trinajstić information content (AvgIpc) is 2.47. The molecule has 0 saturated heterocycles. The van der Waals surface area contributed by atoms with E-state index in [9.17, 15) is 13.2 Å². The van der Waals surface area contributed by atoms with Gasteiger partial charge >= 0.3 is 5.97 Å². The van der Waals surface area contributed by atoms with Crippen molar-refractivity contribution in [3.05, 3.63) is 53.1 Å². The molecule has 2 N–H and O–H groups in total. The third kappa shape index (κ3) is 3.49. The van der Waals surface area contributed by atoms with Crippen molar-refractivity contribution in [1.82, 2.24) is 0 Å².